The Bertz CT molecular complexity index is 876. The lowest BCUT2D eigenvalue weighted by Gasteiger charge is -2.08. The molecule has 0 bridgehead atoms. The largest absolute Gasteiger partial charge is 0.383 e. The predicted octanol–water partition coefficient (Wildman–Crippen LogP) is 0.802. The van der Waals surface area contributed by atoms with Gasteiger partial charge in [-0.05, 0) is 31.0 Å². The lowest BCUT2D eigenvalue weighted by molar-refractivity contribution is 0.0949. The molecule has 1 saturated carbocycles. The molecule has 1 aromatic carbocycles. The minimum atomic E-state index is -3.70. The van der Waals surface area contributed by atoms with E-state index in [4.69, 9.17) is 9.26 Å². The zero-order valence-electron chi connectivity index (χ0n) is 14.3. The fourth-order valence-electron chi connectivity index (χ4n) is 2.26. The summed E-state index contributed by atoms with van der Waals surface area (Å²) in [4.78, 5) is 16.5. The number of benzene rings is 1. The van der Waals surface area contributed by atoms with E-state index >= 15 is 0 Å². The van der Waals surface area contributed by atoms with Gasteiger partial charge in [-0.2, -0.15) is 4.98 Å². The van der Waals surface area contributed by atoms with Crippen molar-refractivity contribution in [2.45, 2.75) is 30.2 Å². The molecule has 2 N–H and O–H groups in total. The molecule has 2 aromatic rings. The second-order valence-corrected chi connectivity index (χ2v) is 7.69. The summed E-state index contributed by atoms with van der Waals surface area (Å²) in [6.07, 6.45) is 2.10. The van der Waals surface area contributed by atoms with Gasteiger partial charge in [-0.15, -0.1) is 0 Å². The number of methoxy groups -OCH3 is 1. The van der Waals surface area contributed by atoms with Crippen LogP contribution in [0.1, 0.15) is 40.8 Å². The highest BCUT2D eigenvalue weighted by molar-refractivity contribution is 7.89. The third kappa shape index (κ3) is 4.65. The smallest absolute Gasteiger partial charge is 0.251 e. The Kier molecular flexibility index (Phi) is 5.64. The van der Waals surface area contributed by atoms with Gasteiger partial charge in [0.15, 0.2) is 5.82 Å². The molecule has 0 spiro atoms. The average Bonchev–Trinajstić information content (AvgIpc) is 3.38. The van der Waals surface area contributed by atoms with Gasteiger partial charge in [-0.25, -0.2) is 13.1 Å². The number of hydrogen-bond acceptors (Lipinski definition) is 7. The first-order valence-electron chi connectivity index (χ1n) is 8.19. The number of nitrogens with zero attached hydrogens (tertiary/aromatic N) is 2. The molecule has 1 aromatic heterocycles. The predicted molar refractivity (Wildman–Crippen MR) is 90.9 cm³/mol. The average molecular weight is 380 g/mol. The van der Waals surface area contributed by atoms with Gasteiger partial charge in [0.1, 0.15) is 0 Å². The Balaban J connectivity index is 1.61. The van der Waals surface area contributed by atoms with E-state index in [9.17, 15) is 13.2 Å². The van der Waals surface area contributed by atoms with Crippen LogP contribution in [0, 0.1) is 0 Å². The molecule has 1 aliphatic rings. The summed E-state index contributed by atoms with van der Waals surface area (Å²) in [5.41, 5.74) is 0.227. The molecule has 1 heterocycles. The van der Waals surface area contributed by atoms with E-state index in [0.29, 0.717) is 17.6 Å². The van der Waals surface area contributed by atoms with E-state index in [1.165, 1.54) is 31.4 Å². The fraction of sp³-hybridized carbons (Fsp3) is 0.438. The van der Waals surface area contributed by atoms with Crippen molar-refractivity contribution >= 4 is 15.9 Å². The number of sulfonamides is 1. The molecule has 26 heavy (non-hydrogen) atoms. The number of carbonyl (C=O) groups excluding carboxylic acids is 1. The van der Waals surface area contributed by atoms with Gasteiger partial charge >= 0.3 is 0 Å². The standard InChI is InChI=1S/C16H20N4O5S/c1-24-8-7-18-26(22,23)13-4-2-3-12(9-13)15(21)17-10-14-19-16(25-20-14)11-5-6-11/h2-4,9,11,18H,5-8,10H2,1H3,(H,17,21). The zero-order valence-corrected chi connectivity index (χ0v) is 15.1. The summed E-state index contributed by atoms with van der Waals surface area (Å²) in [5, 5.41) is 6.48. The van der Waals surface area contributed by atoms with Crippen LogP contribution in [0.5, 0.6) is 0 Å². The molecule has 140 valence electrons. The Morgan fingerprint density at radius 1 is 1.38 bits per heavy atom. The number of rotatable bonds is 9. The van der Waals surface area contributed by atoms with E-state index in [-0.39, 0.29) is 30.2 Å². The molecule has 0 aliphatic heterocycles. The van der Waals surface area contributed by atoms with Crippen LogP contribution in [0.2, 0.25) is 0 Å². The number of ether oxygens (including phenoxy) is 1. The number of nitrogens with one attached hydrogen (secondary N) is 2. The normalized spacial score (nSPS) is 14.3. The molecule has 0 unspecified atom stereocenters. The minimum absolute atomic E-state index is 0.0110. The maximum Gasteiger partial charge on any atom is 0.251 e. The van der Waals surface area contributed by atoms with Gasteiger partial charge in [0, 0.05) is 25.1 Å². The minimum Gasteiger partial charge on any atom is -0.383 e. The van der Waals surface area contributed by atoms with Gasteiger partial charge in [0.05, 0.1) is 18.0 Å². The van der Waals surface area contributed by atoms with Crippen LogP contribution in [0.25, 0.3) is 0 Å². The maximum atomic E-state index is 12.3. The Labute approximate surface area is 151 Å². The summed E-state index contributed by atoms with van der Waals surface area (Å²) in [6, 6.07) is 5.79. The van der Waals surface area contributed by atoms with Gasteiger partial charge in [0.2, 0.25) is 15.9 Å². The van der Waals surface area contributed by atoms with Crippen molar-refractivity contribution in [3.8, 4) is 0 Å². The highest BCUT2D eigenvalue weighted by Crippen LogP contribution is 2.38. The highest BCUT2D eigenvalue weighted by Gasteiger charge is 2.29. The molecule has 3 rings (SSSR count). The van der Waals surface area contributed by atoms with Crippen molar-refractivity contribution in [2.75, 3.05) is 20.3 Å². The molecule has 10 heteroatoms. The van der Waals surface area contributed by atoms with Gasteiger partial charge in [0.25, 0.3) is 5.91 Å². The third-order valence-corrected chi connectivity index (χ3v) is 5.28. The van der Waals surface area contributed by atoms with Crippen LogP contribution in [0.4, 0.5) is 0 Å². The Morgan fingerprint density at radius 3 is 2.92 bits per heavy atom. The van der Waals surface area contributed by atoms with Crippen molar-refractivity contribution in [1.29, 1.82) is 0 Å². The molecule has 1 amide bonds. The van der Waals surface area contributed by atoms with Crippen LogP contribution in [0.15, 0.2) is 33.7 Å². The van der Waals surface area contributed by atoms with Crippen LogP contribution in [-0.4, -0.2) is 44.7 Å². The lowest BCUT2D eigenvalue weighted by Crippen LogP contribution is -2.28. The van der Waals surface area contributed by atoms with Crippen LogP contribution >= 0.6 is 0 Å². The van der Waals surface area contributed by atoms with Gasteiger partial charge in [-0.1, -0.05) is 11.2 Å². The molecule has 0 saturated heterocycles. The third-order valence-electron chi connectivity index (χ3n) is 3.82. The zero-order chi connectivity index (χ0) is 18.6. The fourth-order valence-corrected chi connectivity index (χ4v) is 3.32. The Morgan fingerprint density at radius 2 is 2.19 bits per heavy atom. The molecule has 1 fully saturated rings. The molecule has 9 nitrogen and oxygen atoms in total. The maximum absolute atomic E-state index is 12.3. The summed E-state index contributed by atoms with van der Waals surface area (Å²) in [6.45, 7) is 0.515. The molecule has 1 aliphatic carbocycles. The van der Waals surface area contributed by atoms with Crippen LogP contribution < -0.4 is 10.0 Å². The number of carbonyl (C=O) groups is 1. The summed E-state index contributed by atoms with van der Waals surface area (Å²) >= 11 is 0. The van der Waals surface area contributed by atoms with Crippen molar-refractivity contribution in [2.24, 2.45) is 0 Å². The van der Waals surface area contributed by atoms with Gasteiger partial charge < -0.3 is 14.6 Å². The highest BCUT2D eigenvalue weighted by atomic mass is 32.2. The summed E-state index contributed by atoms with van der Waals surface area (Å²) in [7, 11) is -2.22. The second kappa shape index (κ2) is 7.94. The van der Waals surface area contributed by atoms with E-state index in [1.807, 2.05) is 0 Å². The van der Waals surface area contributed by atoms with E-state index in [0.717, 1.165) is 12.8 Å². The van der Waals surface area contributed by atoms with Crippen molar-refractivity contribution in [3.05, 3.63) is 41.5 Å². The quantitative estimate of drug-likeness (QED) is 0.617. The van der Waals surface area contributed by atoms with Crippen molar-refractivity contribution in [1.82, 2.24) is 20.2 Å². The molecular weight excluding hydrogens is 360 g/mol. The number of aromatic nitrogens is 2. The van der Waals surface area contributed by atoms with Crippen molar-refractivity contribution in [3.63, 3.8) is 0 Å². The number of hydrogen-bond donors (Lipinski definition) is 2. The van der Waals surface area contributed by atoms with Crippen LogP contribution in [-0.2, 0) is 21.3 Å². The molecule has 0 radical (unpaired) electrons. The van der Waals surface area contributed by atoms with E-state index < -0.39 is 15.9 Å². The first kappa shape index (κ1) is 18.5. The lowest BCUT2D eigenvalue weighted by atomic mass is 10.2. The van der Waals surface area contributed by atoms with E-state index in [2.05, 4.69) is 20.2 Å². The number of amides is 1. The molecular formula is C16H20N4O5S. The SMILES string of the molecule is COCCNS(=O)(=O)c1cccc(C(=O)NCc2noc(C3CC3)n2)c1. The first-order chi connectivity index (χ1) is 12.5. The summed E-state index contributed by atoms with van der Waals surface area (Å²) in [5.74, 6) is 0.922. The van der Waals surface area contributed by atoms with Gasteiger partial charge in [-0.3, -0.25) is 4.79 Å². The van der Waals surface area contributed by atoms with Crippen LogP contribution in [0.3, 0.4) is 0 Å². The Hall–Kier alpha value is -2.30. The first-order valence-corrected chi connectivity index (χ1v) is 9.67. The molecule has 0 atom stereocenters. The topological polar surface area (TPSA) is 123 Å². The summed E-state index contributed by atoms with van der Waals surface area (Å²) < 4.78 is 36.8. The van der Waals surface area contributed by atoms with Crippen molar-refractivity contribution < 1.29 is 22.5 Å². The monoisotopic (exact) mass is 380 g/mol. The second-order valence-electron chi connectivity index (χ2n) is 5.92. The van der Waals surface area contributed by atoms with E-state index in [1.54, 1.807) is 0 Å².